The maximum Gasteiger partial charge on any atom is 0.237 e. The first kappa shape index (κ1) is 14.8. The van der Waals surface area contributed by atoms with Crippen LogP contribution in [0.3, 0.4) is 0 Å². The van der Waals surface area contributed by atoms with Crippen molar-refractivity contribution in [3.63, 3.8) is 0 Å². The lowest BCUT2D eigenvalue weighted by atomic mass is 9.95. The van der Waals surface area contributed by atoms with Gasteiger partial charge in [0.05, 0.1) is 19.3 Å². The van der Waals surface area contributed by atoms with E-state index in [9.17, 15) is 4.79 Å². The monoisotopic (exact) mass is 274 g/mol. The van der Waals surface area contributed by atoms with Gasteiger partial charge in [0.25, 0.3) is 0 Å². The van der Waals surface area contributed by atoms with Gasteiger partial charge in [0.15, 0.2) is 0 Å². The highest BCUT2D eigenvalue weighted by molar-refractivity contribution is 5.82. The van der Waals surface area contributed by atoms with Gasteiger partial charge in [-0.2, -0.15) is 0 Å². The minimum Gasteiger partial charge on any atom is -0.375 e. The molecule has 2 rings (SSSR count). The van der Waals surface area contributed by atoms with Crippen molar-refractivity contribution in [1.82, 2.24) is 10.6 Å². The van der Waals surface area contributed by atoms with Crippen LogP contribution in [0.15, 0.2) is 36.4 Å². The number of rotatable bonds is 6. The average Bonchev–Trinajstić information content (AvgIpc) is 2.46. The van der Waals surface area contributed by atoms with Crippen LogP contribution in [0.25, 0.3) is 0 Å². The van der Waals surface area contributed by atoms with Gasteiger partial charge >= 0.3 is 0 Å². The number of nitrogens with one attached hydrogen (secondary N) is 2. The summed E-state index contributed by atoms with van der Waals surface area (Å²) in [5.41, 5.74) is 3.52. The molecule has 1 aliphatic heterocycles. The lowest BCUT2D eigenvalue weighted by Gasteiger charge is -2.25. The summed E-state index contributed by atoms with van der Waals surface area (Å²) in [5.74, 6) is 0.0402. The number of hydrogen-bond acceptors (Lipinski definition) is 3. The molecule has 0 aromatic heterocycles. The molecule has 0 saturated carbocycles. The fraction of sp³-hybridized carbons (Fsp3) is 0.438. The normalized spacial score (nSPS) is 17.4. The Bertz CT molecular complexity index is 485. The van der Waals surface area contributed by atoms with E-state index >= 15 is 0 Å². The lowest BCUT2D eigenvalue weighted by Crippen LogP contribution is -2.48. The van der Waals surface area contributed by atoms with Crippen molar-refractivity contribution in [3.8, 4) is 0 Å². The molecule has 1 aromatic rings. The van der Waals surface area contributed by atoms with Crippen LogP contribution < -0.4 is 10.6 Å². The quantitative estimate of drug-likeness (QED) is 0.609. The van der Waals surface area contributed by atoms with Crippen molar-refractivity contribution in [2.24, 2.45) is 0 Å². The van der Waals surface area contributed by atoms with Gasteiger partial charge in [-0.3, -0.25) is 4.79 Å². The van der Waals surface area contributed by atoms with Gasteiger partial charge in [0, 0.05) is 13.1 Å². The second-order valence-electron chi connectivity index (χ2n) is 5.21. The summed E-state index contributed by atoms with van der Waals surface area (Å²) >= 11 is 0. The topological polar surface area (TPSA) is 50.4 Å². The third-order valence-corrected chi connectivity index (χ3v) is 3.29. The molecule has 0 saturated heterocycles. The molecule has 108 valence electrons. The van der Waals surface area contributed by atoms with E-state index in [0.717, 1.165) is 18.5 Å². The zero-order valence-corrected chi connectivity index (χ0v) is 11.9. The Kier molecular flexibility index (Phi) is 5.32. The van der Waals surface area contributed by atoms with Crippen molar-refractivity contribution < 1.29 is 9.53 Å². The Morgan fingerprint density at radius 1 is 1.45 bits per heavy atom. The maximum absolute atomic E-state index is 12.1. The third-order valence-electron chi connectivity index (χ3n) is 3.29. The molecule has 0 unspecified atom stereocenters. The predicted molar refractivity (Wildman–Crippen MR) is 79.4 cm³/mol. The maximum atomic E-state index is 12.1. The molecule has 4 nitrogen and oxygen atoms in total. The lowest BCUT2D eigenvalue weighted by molar-refractivity contribution is -0.123. The van der Waals surface area contributed by atoms with Crippen LogP contribution in [-0.4, -0.2) is 31.7 Å². The van der Waals surface area contributed by atoms with Gasteiger partial charge in [-0.25, -0.2) is 0 Å². The number of ether oxygens (including phenoxy) is 1. The number of carbonyl (C=O) groups is 1. The Morgan fingerprint density at radius 2 is 2.20 bits per heavy atom. The third kappa shape index (κ3) is 4.18. The number of amides is 1. The summed E-state index contributed by atoms with van der Waals surface area (Å²) in [6.45, 7) is 8.03. The molecule has 4 heteroatoms. The van der Waals surface area contributed by atoms with Crippen LogP contribution in [0.2, 0.25) is 0 Å². The predicted octanol–water partition coefficient (Wildman–Crippen LogP) is 1.41. The summed E-state index contributed by atoms with van der Waals surface area (Å²) in [6, 6.07) is 8.09. The molecule has 0 bridgehead atoms. The number of hydrogen-bond donors (Lipinski definition) is 2. The summed E-state index contributed by atoms with van der Waals surface area (Å²) in [7, 11) is 0. The molecule has 1 amide bonds. The van der Waals surface area contributed by atoms with Crippen LogP contribution in [-0.2, 0) is 22.5 Å². The summed E-state index contributed by atoms with van der Waals surface area (Å²) in [4.78, 5) is 12.1. The summed E-state index contributed by atoms with van der Waals surface area (Å²) < 4.78 is 5.35. The van der Waals surface area contributed by atoms with Crippen LogP contribution in [0.1, 0.15) is 18.1 Å². The zero-order valence-electron chi connectivity index (χ0n) is 11.9. The molecule has 0 fully saturated rings. The van der Waals surface area contributed by atoms with Gasteiger partial charge in [0.1, 0.15) is 0 Å². The molecule has 2 N–H and O–H groups in total. The van der Waals surface area contributed by atoms with Crippen LogP contribution >= 0.6 is 0 Å². The smallest absolute Gasteiger partial charge is 0.237 e. The van der Waals surface area contributed by atoms with Crippen molar-refractivity contribution in [2.45, 2.75) is 25.9 Å². The molecule has 1 aromatic carbocycles. The Labute approximate surface area is 120 Å². The molecule has 0 aliphatic carbocycles. The standard InChI is InChI=1S/C16H22N2O2/c1-12(2)11-20-8-7-17-16(19)15-9-13-5-3-4-6-14(13)10-18-15/h3-6,15,18H,1,7-11H2,2H3,(H,17,19)/t15-/m1/s1. The highest BCUT2D eigenvalue weighted by Gasteiger charge is 2.23. The van der Waals surface area contributed by atoms with Crippen molar-refractivity contribution in [2.75, 3.05) is 19.8 Å². The second-order valence-corrected chi connectivity index (χ2v) is 5.21. The zero-order chi connectivity index (χ0) is 14.4. The molecule has 0 radical (unpaired) electrons. The molecular weight excluding hydrogens is 252 g/mol. The second kappa shape index (κ2) is 7.22. The van der Waals surface area contributed by atoms with Gasteiger partial charge in [-0.1, -0.05) is 36.4 Å². The molecular formula is C16H22N2O2. The average molecular weight is 274 g/mol. The Morgan fingerprint density at radius 3 is 2.95 bits per heavy atom. The number of carbonyl (C=O) groups excluding carboxylic acids is 1. The van der Waals surface area contributed by atoms with Gasteiger partial charge in [0.2, 0.25) is 5.91 Å². The molecule has 1 heterocycles. The van der Waals surface area contributed by atoms with Gasteiger partial charge < -0.3 is 15.4 Å². The van der Waals surface area contributed by atoms with Crippen LogP contribution in [0.5, 0.6) is 0 Å². The minimum absolute atomic E-state index is 0.0402. The molecule has 1 atom stereocenters. The van der Waals surface area contributed by atoms with Crippen molar-refractivity contribution in [3.05, 3.63) is 47.5 Å². The first-order valence-corrected chi connectivity index (χ1v) is 6.97. The van der Waals surface area contributed by atoms with Crippen LogP contribution in [0.4, 0.5) is 0 Å². The Hall–Kier alpha value is -1.65. The van der Waals surface area contributed by atoms with E-state index in [-0.39, 0.29) is 11.9 Å². The Balaban J connectivity index is 1.73. The minimum atomic E-state index is -0.147. The van der Waals surface area contributed by atoms with E-state index < -0.39 is 0 Å². The fourth-order valence-corrected chi connectivity index (χ4v) is 2.26. The van der Waals surface area contributed by atoms with E-state index in [0.29, 0.717) is 19.8 Å². The van der Waals surface area contributed by atoms with Crippen LogP contribution in [0, 0.1) is 0 Å². The fourth-order valence-electron chi connectivity index (χ4n) is 2.26. The summed E-state index contributed by atoms with van der Waals surface area (Å²) in [5, 5.41) is 6.17. The highest BCUT2D eigenvalue weighted by atomic mass is 16.5. The van der Waals surface area contributed by atoms with E-state index in [2.05, 4.69) is 29.3 Å². The van der Waals surface area contributed by atoms with E-state index in [1.54, 1.807) is 0 Å². The van der Waals surface area contributed by atoms with E-state index in [1.165, 1.54) is 11.1 Å². The van der Waals surface area contributed by atoms with E-state index in [4.69, 9.17) is 4.74 Å². The van der Waals surface area contributed by atoms with Crippen molar-refractivity contribution in [1.29, 1.82) is 0 Å². The van der Waals surface area contributed by atoms with Crippen molar-refractivity contribution >= 4 is 5.91 Å². The van der Waals surface area contributed by atoms with Gasteiger partial charge in [-0.05, 0) is 24.5 Å². The van der Waals surface area contributed by atoms with E-state index in [1.807, 2.05) is 19.1 Å². The summed E-state index contributed by atoms with van der Waals surface area (Å²) in [6.07, 6.45) is 0.745. The molecule has 1 aliphatic rings. The number of benzene rings is 1. The first-order chi connectivity index (χ1) is 9.66. The number of fused-ring (bicyclic) bond motifs is 1. The largest absolute Gasteiger partial charge is 0.375 e. The van der Waals surface area contributed by atoms with Gasteiger partial charge in [-0.15, -0.1) is 0 Å². The molecule has 0 spiro atoms. The molecule has 20 heavy (non-hydrogen) atoms. The first-order valence-electron chi connectivity index (χ1n) is 6.97. The highest BCUT2D eigenvalue weighted by Crippen LogP contribution is 2.16. The SMILES string of the molecule is C=C(C)COCCNC(=O)[C@H]1Cc2ccccc2CN1.